The van der Waals surface area contributed by atoms with Gasteiger partial charge in [0.05, 0.1) is 5.69 Å². The second kappa shape index (κ2) is 9.05. The summed E-state index contributed by atoms with van der Waals surface area (Å²) >= 11 is 0. The van der Waals surface area contributed by atoms with E-state index in [1.807, 2.05) is 12.3 Å². The number of hydrogen-bond donors (Lipinski definition) is 1. The fraction of sp³-hybridized carbons (Fsp3) is 0.688. The quantitative estimate of drug-likeness (QED) is 0.694. The van der Waals surface area contributed by atoms with Crippen molar-refractivity contribution in [1.29, 1.82) is 0 Å². The summed E-state index contributed by atoms with van der Waals surface area (Å²) in [5, 5.41) is 3.55. The van der Waals surface area contributed by atoms with Gasteiger partial charge in [-0.3, -0.25) is 9.88 Å². The molecule has 19 heavy (non-hydrogen) atoms. The second-order valence-corrected chi connectivity index (χ2v) is 5.62. The lowest BCUT2D eigenvalue weighted by molar-refractivity contribution is 0.203. The molecule has 108 valence electrons. The van der Waals surface area contributed by atoms with Crippen molar-refractivity contribution in [3.05, 3.63) is 30.1 Å². The van der Waals surface area contributed by atoms with Gasteiger partial charge in [0.25, 0.3) is 0 Å². The molecule has 0 aliphatic carbocycles. The summed E-state index contributed by atoms with van der Waals surface area (Å²) in [5.74, 6) is 0.776. The highest BCUT2D eigenvalue weighted by atomic mass is 15.2. The minimum Gasteiger partial charge on any atom is -0.315 e. The van der Waals surface area contributed by atoms with Crippen LogP contribution in [0, 0.1) is 5.92 Å². The fourth-order valence-corrected chi connectivity index (χ4v) is 2.11. The molecule has 0 fully saturated rings. The molecule has 0 aromatic carbocycles. The molecule has 0 radical (unpaired) electrons. The third-order valence-corrected chi connectivity index (χ3v) is 3.46. The first-order chi connectivity index (χ1) is 9.13. The van der Waals surface area contributed by atoms with Gasteiger partial charge < -0.3 is 5.32 Å². The van der Waals surface area contributed by atoms with Crippen LogP contribution in [0.2, 0.25) is 0 Å². The Morgan fingerprint density at radius 3 is 2.63 bits per heavy atom. The molecule has 0 saturated carbocycles. The van der Waals surface area contributed by atoms with Gasteiger partial charge in [0.2, 0.25) is 0 Å². The number of hydrogen-bond acceptors (Lipinski definition) is 3. The van der Waals surface area contributed by atoms with Crippen LogP contribution in [-0.2, 0) is 6.54 Å². The van der Waals surface area contributed by atoms with E-state index in [0.717, 1.165) is 37.8 Å². The fourth-order valence-electron chi connectivity index (χ4n) is 2.11. The van der Waals surface area contributed by atoms with Gasteiger partial charge in [0.15, 0.2) is 0 Å². The van der Waals surface area contributed by atoms with Gasteiger partial charge in [0, 0.05) is 25.3 Å². The van der Waals surface area contributed by atoms with Gasteiger partial charge in [-0.25, -0.2) is 0 Å². The largest absolute Gasteiger partial charge is 0.315 e. The molecule has 3 nitrogen and oxygen atoms in total. The van der Waals surface area contributed by atoms with Crippen molar-refractivity contribution >= 4 is 0 Å². The van der Waals surface area contributed by atoms with Crippen molar-refractivity contribution in [2.45, 2.75) is 46.7 Å². The first-order valence-electron chi connectivity index (χ1n) is 7.48. The Hall–Kier alpha value is -0.930. The van der Waals surface area contributed by atoms with Gasteiger partial charge >= 0.3 is 0 Å². The summed E-state index contributed by atoms with van der Waals surface area (Å²) in [7, 11) is 0. The van der Waals surface area contributed by atoms with Crippen molar-refractivity contribution in [3.63, 3.8) is 0 Å². The van der Waals surface area contributed by atoms with Crippen LogP contribution in [0.4, 0.5) is 0 Å². The third-order valence-electron chi connectivity index (χ3n) is 3.46. The highest BCUT2D eigenvalue weighted by Crippen LogP contribution is 2.05. The SMILES string of the molecule is CCN(Cc1ccccn1)C(C)CNCCC(C)C. The van der Waals surface area contributed by atoms with Gasteiger partial charge in [0.1, 0.15) is 0 Å². The van der Waals surface area contributed by atoms with Crippen LogP contribution < -0.4 is 5.32 Å². The summed E-state index contributed by atoms with van der Waals surface area (Å²) in [6, 6.07) is 6.67. The van der Waals surface area contributed by atoms with E-state index < -0.39 is 0 Å². The summed E-state index contributed by atoms with van der Waals surface area (Å²) in [6.07, 6.45) is 3.12. The first kappa shape index (κ1) is 16.1. The van der Waals surface area contributed by atoms with Crippen LogP contribution in [0.25, 0.3) is 0 Å². The molecule has 1 unspecified atom stereocenters. The predicted octanol–water partition coefficient (Wildman–Crippen LogP) is 2.93. The van der Waals surface area contributed by atoms with E-state index in [-0.39, 0.29) is 0 Å². The molecule has 0 aliphatic rings. The molecule has 0 aliphatic heterocycles. The molecular weight excluding hydrogens is 234 g/mol. The maximum atomic E-state index is 4.41. The van der Waals surface area contributed by atoms with Crippen LogP contribution in [0.1, 0.15) is 39.8 Å². The van der Waals surface area contributed by atoms with E-state index in [1.54, 1.807) is 0 Å². The van der Waals surface area contributed by atoms with Gasteiger partial charge in [-0.15, -0.1) is 0 Å². The molecule has 0 bridgehead atoms. The molecule has 1 aromatic rings. The van der Waals surface area contributed by atoms with Gasteiger partial charge in [-0.1, -0.05) is 26.8 Å². The van der Waals surface area contributed by atoms with Crippen molar-refractivity contribution in [1.82, 2.24) is 15.2 Å². The lowest BCUT2D eigenvalue weighted by Crippen LogP contribution is -2.40. The van der Waals surface area contributed by atoms with E-state index in [4.69, 9.17) is 0 Å². The minimum atomic E-state index is 0.541. The van der Waals surface area contributed by atoms with Crippen molar-refractivity contribution < 1.29 is 0 Å². The molecule has 1 rings (SSSR count). The Morgan fingerprint density at radius 2 is 2.05 bits per heavy atom. The predicted molar refractivity (Wildman–Crippen MR) is 82.1 cm³/mol. The smallest absolute Gasteiger partial charge is 0.0544 e. The summed E-state index contributed by atoms with van der Waals surface area (Å²) < 4.78 is 0. The summed E-state index contributed by atoms with van der Waals surface area (Å²) in [4.78, 5) is 6.87. The molecule has 1 N–H and O–H groups in total. The van der Waals surface area contributed by atoms with Crippen molar-refractivity contribution in [2.24, 2.45) is 5.92 Å². The van der Waals surface area contributed by atoms with Crippen LogP contribution >= 0.6 is 0 Å². The molecule has 1 atom stereocenters. The summed E-state index contributed by atoms with van der Waals surface area (Å²) in [6.45, 7) is 13.2. The number of nitrogens with one attached hydrogen (secondary N) is 1. The topological polar surface area (TPSA) is 28.2 Å². The Kier molecular flexibility index (Phi) is 7.68. The van der Waals surface area contributed by atoms with Crippen LogP contribution in [-0.4, -0.2) is 35.6 Å². The average Bonchev–Trinajstić information content (AvgIpc) is 2.41. The Bertz CT molecular complexity index is 324. The summed E-state index contributed by atoms with van der Waals surface area (Å²) in [5.41, 5.74) is 1.15. The molecule has 1 aromatic heterocycles. The number of pyridine rings is 1. The second-order valence-electron chi connectivity index (χ2n) is 5.62. The van der Waals surface area contributed by atoms with Gasteiger partial charge in [-0.05, 0) is 44.5 Å². The molecule has 0 amide bonds. The maximum Gasteiger partial charge on any atom is 0.0544 e. The lowest BCUT2D eigenvalue weighted by atomic mass is 10.1. The zero-order chi connectivity index (χ0) is 14.1. The number of likely N-dealkylation sites (N-methyl/N-ethyl adjacent to an activating group) is 1. The monoisotopic (exact) mass is 263 g/mol. The average molecular weight is 263 g/mol. The number of nitrogens with zero attached hydrogens (tertiary/aromatic N) is 2. The van der Waals surface area contributed by atoms with E-state index in [2.05, 4.69) is 55.0 Å². The van der Waals surface area contributed by atoms with E-state index in [9.17, 15) is 0 Å². The number of rotatable bonds is 9. The highest BCUT2D eigenvalue weighted by molar-refractivity contribution is 5.03. The normalized spacial score (nSPS) is 13.2. The molecule has 0 saturated heterocycles. The van der Waals surface area contributed by atoms with Crippen molar-refractivity contribution in [3.8, 4) is 0 Å². The maximum absolute atomic E-state index is 4.41. The minimum absolute atomic E-state index is 0.541. The Morgan fingerprint density at radius 1 is 1.26 bits per heavy atom. The standard InChI is InChI=1S/C16H29N3/c1-5-19(13-16-8-6-7-10-18-16)15(4)12-17-11-9-14(2)3/h6-8,10,14-15,17H,5,9,11-13H2,1-4H3. The third kappa shape index (κ3) is 6.69. The van der Waals surface area contributed by atoms with Crippen LogP contribution in [0.15, 0.2) is 24.4 Å². The molecular formula is C16H29N3. The molecule has 0 spiro atoms. The Labute approximate surface area is 118 Å². The molecule has 3 heteroatoms. The van der Waals surface area contributed by atoms with Gasteiger partial charge in [-0.2, -0.15) is 0 Å². The van der Waals surface area contributed by atoms with E-state index >= 15 is 0 Å². The first-order valence-corrected chi connectivity index (χ1v) is 7.48. The highest BCUT2D eigenvalue weighted by Gasteiger charge is 2.12. The lowest BCUT2D eigenvalue weighted by Gasteiger charge is -2.27. The Balaban J connectivity index is 2.33. The van der Waals surface area contributed by atoms with E-state index in [1.165, 1.54) is 6.42 Å². The molecule has 1 heterocycles. The van der Waals surface area contributed by atoms with Crippen molar-refractivity contribution in [2.75, 3.05) is 19.6 Å². The van der Waals surface area contributed by atoms with Crippen LogP contribution in [0.5, 0.6) is 0 Å². The van der Waals surface area contributed by atoms with E-state index in [0.29, 0.717) is 6.04 Å². The zero-order valence-corrected chi connectivity index (χ0v) is 12.9. The number of aromatic nitrogens is 1. The van der Waals surface area contributed by atoms with Crippen LogP contribution in [0.3, 0.4) is 0 Å². The zero-order valence-electron chi connectivity index (χ0n) is 12.9.